The standard InChI is InChI=1S/C18H13ClN4OS/c19-17-14(7-4-8-20-17)21-16(24)9-13-11-25-18-22-15(10-23(13)18)12-5-2-1-3-6-12/h1-8,10-11H,9H2,(H,21,24). The monoisotopic (exact) mass is 368 g/mol. The van der Waals surface area contributed by atoms with Gasteiger partial charge in [-0.3, -0.25) is 9.20 Å². The highest BCUT2D eigenvalue weighted by Gasteiger charge is 2.13. The Labute approximate surface area is 152 Å². The molecule has 0 aliphatic carbocycles. The molecule has 1 aromatic carbocycles. The van der Waals surface area contributed by atoms with Crippen molar-refractivity contribution in [2.24, 2.45) is 0 Å². The summed E-state index contributed by atoms with van der Waals surface area (Å²) in [5.41, 5.74) is 3.34. The summed E-state index contributed by atoms with van der Waals surface area (Å²) >= 11 is 7.49. The summed E-state index contributed by atoms with van der Waals surface area (Å²) in [4.78, 5) is 21.8. The van der Waals surface area contributed by atoms with Crippen molar-refractivity contribution < 1.29 is 4.79 Å². The smallest absolute Gasteiger partial charge is 0.230 e. The van der Waals surface area contributed by atoms with Crippen LogP contribution in [0, 0.1) is 0 Å². The molecule has 0 aliphatic rings. The Morgan fingerprint density at radius 3 is 2.84 bits per heavy atom. The zero-order valence-corrected chi connectivity index (χ0v) is 14.6. The number of pyridine rings is 1. The molecule has 0 radical (unpaired) electrons. The average Bonchev–Trinajstić information content (AvgIpc) is 3.20. The number of nitrogens with one attached hydrogen (secondary N) is 1. The summed E-state index contributed by atoms with van der Waals surface area (Å²) in [6, 6.07) is 13.4. The van der Waals surface area contributed by atoms with Crippen LogP contribution in [0.5, 0.6) is 0 Å². The number of benzene rings is 1. The number of hydrogen-bond acceptors (Lipinski definition) is 4. The predicted molar refractivity (Wildman–Crippen MR) is 100 cm³/mol. The van der Waals surface area contributed by atoms with E-state index in [0.29, 0.717) is 5.69 Å². The number of anilines is 1. The van der Waals surface area contributed by atoms with Crippen molar-refractivity contribution in [1.82, 2.24) is 14.4 Å². The third-order valence-corrected chi connectivity index (χ3v) is 4.92. The quantitative estimate of drug-likeness (QED) is 0.546. The summed E-state index contributed by atoms with van der Waals surface area (Å²) < 4.78 is 1.96. The number of imidazole rings is 1. The van der Waals surface area contributed by atoms with Gasteiger partial charge in [0.1, 0.15) is 0 Å². The molecule has 0 atom stereocenters. The van der Waals surface area contributed by atoms with Gasteiger partial charge in [0, 0.05) is 29.0 Å². The van der Waals surface area contributed by atoms with Gasteiger partial charge in [-0.2, -0.15) is 0 Å². The van der Waals surface area contributed by atoms with Crippen LogP contribution in [0.15, 0.2) is 60.2 Å². The first kappa shape index (κ1) is 15.8. The first-order valence-corrected chi connectivity index (χ1v) is 8.88. The van der Waals surface area contributed by atoms with Gasteiger partial charge in [-0.15, -0.1) is 11.3 Å². The number of halogens is 1. The van der Waals surface area contributed by atoms with E-state index in [1.165, 1.54) is 11.3 Å². The fraction of sp³-hybridized carbons (Fsp3) is 0.0556. The maximum absolute atomic E-state index is 12.3. The van der Waals surface area contributed by atoms with Gasteiger partial charge in [-0.25, -0.2) is 9.97 Å². The molecular weight excluding hydrogens is 356 g/mol. The fourth-order valence-electron chi connectivity index (χ4n) is 2.54. The number of rotatable bonds is 4. The first-order valence-electron chi connectivity index (χ1n) is 7.62. The normalized spacial score (nSPS) is 10.9. The molecular formula is C18H13ClN4OS. The van der Waals surface area contributed by atoms with Gasteiger partial charge in [0.25, 0.3) is 0 Å². The molecule has 3 aromatic heterocycles. The van der Waals surface area contributed by atoms with Crippen LogP contribution in [0.2, 0.25) is 5.15 Å². The molecule has 5 nitrogen and oxygen atoms in total. The Balaban J connectivity index is 1.56. The molecule has 0 spiro atoms. The number of hydrogen-bond donors (Lipinski definition) is 1. The summed E-state index contributed by atoms with van der Waals surface area (Å²) in [5, 5.41) is 5.01. The van der Waals surface area contributed by atoms with Gasteiger partial charge >= 0.3 is 0 Å². The number of thiazole rings is 1. The minimum atomic E-state index is -0.149. The van der Waals surface area contributed by atoms with Crippen molar-refractivity contribution in [1.29, 1.82) is 0 Å². The summed E-state index contributed by atoms with van der Waals surface area (Å²) in [6.45, 7) is 0. The van der Waals surface area contributed by atoms with Crippen LogP contribution >= 0.6 is 22.9 Å². The molecule has 1 amide bonds. The molecule has 3 heterocycles. The maximum Gasteiger partial charge on any atom is 0.230 e. The lowest BCUT2D eigenvalue weighted by molar-refractivity contribution is -0.115. The van der Waals surface area contributed by atoms with Crippen LogP contribution in [-0.4, -0.2) is 20.3 Å². The third-order valence-electron chi connectivity index (χ3n) is 3.73. The Morgan fingerprint density at radius 1 is 1.20 bits per heavy atom. The van der Waals surface area contributed by atoms with Crippen molar-refractivity contribution in [2.45, 2.75) is 6.42 Å². The van der Waals surface area contributed by atoms with Crippen molar-refractivity contribution in [3.63, 3.8) is 0 Å². The predicted octanol–water partition coefficient (Wildman–Crippen LogP) is 4.29. The van der Waals surface area contributed by atoms with Crippen molar-refractivity contribution >= 4 is 39.5 Å². The average molecular weight is 369 g/mol. The molecule has 4 rings (SSSR count). The van der Waals surface area contributed by atoms with Gasteiger partial charge in [-0.05, 0) is 12.1 Å². The summed E-state index contributed by atoms with van der Waals surface area (Å²) in [6.07, 6.45) is 3.77. The van der Waals surface area contributed by atoms with Crippen LogP contribution in [-0.2, 0) is 11.2 Å². The minimum Gasteiger partial charge on any atom is -0.323 e. The van der Waals surface area contributed by atoms with E-state index in [1.807, 2.05) is 46.3 Å². The molecule has 1 N–H and O–H groups in total. The molecule has 4 aromatic rings. The summed E-state index contributed by atoms with van der Waals surface area (Å²) in [5.74, 6) is -0.149. The lowest BCUT2D eigenvalue weighted by atomic mass is 10.2. The van der Waals surface area contributed by atoms with Gasteiger partial charge in [0.15, 0.2) is 10.1 Å². The van der Waals surface area contributed by atoms with E-state index in [1.54, 1.807) is 18.3 Å². The fourth-order valence-corrected chi connectivity index (χ4v) is 3.58. The highest BCUT2D eigenvalue weighted by Crippen LogP contribution is 2.24. The van der Waals surface area contributed by atoms with E-state index in [2.05, 4.69) is 15.3 Å². The third kappa shape index (κ3) is 3.26. The van der Waals surface area contributed by atoms with E-state index in [0.717, 1.165) is 21.9 Å². The van der Waals surface area contributed by atoms with Gasteiger partial charge in [-0.1, -0.05) is 41.9 Å². The number of carbonyl (C=O) groups is 1. The second-order valence-corrected chi connectivity index (χ2v) is 6.63. The SMILES string of the molecule is O=C(Cc1csc2nc(-c3ccccc3)cn12)Nc1cccnc1Cl. The van der Waals surface area contributed by atoms with Crippen molar-refractivity contribution in [2.75, 3.05) is 5.32 Å². The Kier molecular flexibility index (Phi) is 4.21. The van der Waals surface area contributed by atoms with Crippen molar-refractivity contribution in [3.05, 3.63) is 71.1 Å². The highest BCUT2D eigenvalue weighted by molar-refractivity contribution is 7.15. The molecule has 0 unspecified atom stereocenters. The number of amides is 1. The maximum atomic E-state index is 12.3. The lowest BCUT2D eigenvalue weighted by Crippen LogP contribution is -2.15. The zero-order chi connectivity index (χ0) is 17.2. The molecule has 124 valence electrons. The second kappa shape index (κ2) is 6.66. The molecule has 7 heteroatoms. The van der Waals surface area contributed by atoms with Crippen LogP contribution < -0.4 is 5.32 Å². The number of carbonyl (C=O) groups excluding carboxylic acids is 1. The molecule has 0 bridgehead atoms. The van der Waals surface area contributed by atoms with E-state index >= 15 is 0 Å². The second-order valence-electron chi connectivity index (χ2n) is 5.44. The van der Waals surface area contributed by atoms with E-state index in [-0.39, 0.29) is 17.5 Å². The summed E-state index contributed by atoms with van der Waals surface area (Å²) in [7, 11) is 0. The minimum absolute atomic E-state index is 0.149. The Bertz CT molecular complexity index is 1040. The number of fused-ring (bicyclic) bond motifs is 1. The van der Waals surface area contributed by atoms with E-state index in [9.17, 15) is 4.79 Å². The van der Waals surface area contributed by atoms with E-state index < -0.39 is 0 Å². The van der Waals surface area contributed by atoms with Crippen LogP contribution in [0.25, 0.3) is 16.2 Å². The molecule has 0 aliphatic heterocycles. The van der Waals surface area contributed by atoms with Crippen LogP contribution in [0.4, 0.5) is 5.69 Å². The zero-order valence-electron chi connectivity index (χ0n) is 13.0. The van der Waals surface area contributed by atoms with Gasteiger partial charge < -0.3 is 5.32 Å². The lowest BCUT2D eigenvalue weighted by Gasteiger charge is -2.05. The molecule has 0 saturated heterocycles. The molecule has 25 heavy (non-hydrogen) atoms. The largest absolute Gasteiger partial charge is 0.323 e. The van der Waals surface area contributed by atoms with Gasteiger partial charge in [0.2, 0.25) is 5.91 Å². The topological polar surface area (TPSA) is 59.3 Å². The Morgan fingerprint density at radius 2 is 2.04 bits per heavy atom. The number of aromatic nitrogens is 3. The van der Waals surface area contributed by atoms with Crippen LogP contribution in [0.1, 0.15) is 5.69 Å². The first-order chi connectivity index (χ1) is 12.2. The number of nitrogens with zero attached hydrogens (tertiary/aromatic N) is 3. The van der Waals surface area contributed by atoms with E-state index in [4.69, 9.17) is 11.6 Å². The Hall–Kier alpha value is -2.70. The highest BCUT2D eigenvalue weighted by atomic mass is 35.5. The van der Waals surface area contributed by atoms with Crippen LogP contribution in [0.3, 0.4) is 0 Å². The van der Waals surface area contributed by atoms with Crippen molar-refractivity contribution in [3.8, 4) is 11.3 Å². The van der Waals surface area contributed by atoms with Gasteiger partial charge in [0.05, 0.1) is 17.8 Å². The molecule has 0 saturated carbocycles. The molecule has 0 fully saturated rings.